The van der Waals surface area contributed by atoms with Gasteiger partial charge in [-0.25, -0.2) is 15.0 Å². The number of nitrogens with zero attached hydrogens (tertiary/aromatic N) is 3. The number of benzene rings is 1. The Hall–Kier alpha value is -4.29. The molecule has 1 amide bonds. The zero-order chi connectivity index (χ0) is 25.2. The van der Waals surface area contributed by atoms with E-state index < -0.39 is 29.5 Å². The molecule has 0 saturated heterocycles. The lowest BCUT2D eigenvalue weighted by Crippen LogP contribution is -2.19. The van der Waals surface area contributed by atoms with E-state index in [1.807, 2.05) is 0 Å². The van der Waals surface area contributed by atoms with E-state index in [0.717, 1.165) is 18.5 Å². The first kappa shape index (κ1) is 23.9. The molecule has 0 bridgehead atoms. The number of carbonyl (C=O) groups excluding carboxylic acids is 1. The van der Waals surface area contributed by atoms with Gasteiger partial charge in [0.25, 0.3) is 0 Å². The van der Waals surface area contributed by atoms with Crippen molar-refractivity contribution in [3.63, 3.8) is 0 Å². The molecule has 4 aromatic rings. The number of aliphatic hydroxyl groups excluding tert-OH is 1. The Bertz CT molecular complexity index is 1380. The summed E-state index contributed by atoms with van der Waals surface area (Å²) in [6.45, 7) is -0.149. The van der Waals surface area contributed by atoms with Crippen LogP contribution in [-0.4, -0.2) is 31.1 Å². The van der Waals surface area contributed by atoms with Crippen LogP contribution in [0.5, 0.6) is 0 Å². The fourth-order valence-corrected chi connectivity index (χ4v) is 3.17. The molecule has 4 rings (SSSR count). The van der Waals surface area contributed by atoms with E-state index in [9.17, 15) is 18.0 Å². The summed E-state index contributed by atoms with van der Waals surface area (Å²) in [5, 5.41) is 21.0. The molecule has 1 aromatic carbocycles. The van der Waals surface area contributed by atoms with Crippen LogP contribution < -0.4 is 11.1 Å². The van der Waals surface area contributed by atoms with Gasteiger partial charge in [0.1, 0.15) is 17.2 Å². The topological polar surface area (TPSA) is 147 Å². The standard InChI is InChI=1S/C23H18F3N5O4/c24-23(25,26)17-7-14(21-30-9-15(10-31-21)22(33)34)5-13-6-16(35-20(13)17)11-29-19(32)4-2-12-1-3-18(27)28-8-12/h1-10,22,33-34H,11H2,(H2,27,28)(H,29,32)/b4-2+. The second-order valence-corrected chi connectivity index (χ2v) is 7.43. The molecule has 12 heteroatoms. The molecule has 0 unspecified atom stereocenters. The average Bonchev–Trinajstić information content (AvgIpc) is 3.24. The molecule has 180 valence electrons. The highest BCUT2D eigenvalue weighted by Crippen LogP contribution is 2.38. The third-order valence-corrected chi connectivity index (χ3v) is 4.87. The van der Waals surface area contributed by atoms with Crippen molar-refractivity contribution < 1.29 is 32.6 Å². The van der Waals surface area contributed by atoms with Crippen LogP contribution in [0.25, 0.3) is 28.4 Å². The van der Waals surface area contributed by atoms with E-state index in [4.69, 9.17) is 20.4 Å². The maximum Gasteiger partial charge on any atom is 0.420 e. The third kappa shape index (κ3) is 5.62. The SMILES string of the molecule is Nc1ccc(/C=C/C(=O)NCc2cc3cc(-c4ncc(C(O)O)cn4)cc(C(F)(F)F)c3o2)cn1. The Morgan fingerprint density at radius 2 is 1.86 bits per heavy atom. The van der Waals surface area contributed by atoms with Gasteiger partial charge < -0.3 is 25.7 Å². The molecule has 3 heterocycles. The Balaban J connectivity index is 1.57. The van der Waals surface area contributed by atoms with Crippen LogP contribution in [0, 0.1) is 0 Å². The van der Waals surface area contributed by atoms with Crippen LogP contribution in [-0.2, 0) is 17.5 Å². The number of alkyl halides is 3. The van der Waals surface area contributed by atoms with Gasteiger partial charge in [0.2, 0.25) is 5.91 Å². The van der Waals surface area contributed by atoms with E-state index in [1.54, 1.807) is 12.1 Å². The molecule has 9 nitrogen and oxygen atoms in total. The van der Waals surface area contributed by atoms with Crippen LogP contribution in [0.15, 0.2) is 59.4 Å². The highest BCUT2D eigenvalue weighted by molar-refractivity contribution is 5.92. The number of hydrogen-bond acceptors (Lipinski definition) is 8. The van der Waals surface area contributed by atoms with Crippen LogP contribution in [0.1, 0.15) is 28.7 Å². The molecule has 0 spiro atoms. The number of amides is 1. The zero-order valence-corrected chi connectivity index (χ0v) is 17.8. The summed E-state index contributed by atoms with van der Waals surface area (Å²) in [5.74, 6) is -0.0812. The minimum absolute atomic E-state index is 0.00563. The molecular formula is C23H18F3N5O4. The molecule has 0 aliphatic carbocycles. The predicted molar refractivity (Wildman–Crippen MR) is 119 cm³/mol. The molecule has 3 aromatic heterocycles. The van der Waals surface area contributed by atoms with Crippen LogP contribution in [0.2, 0.25) is 0 Å². The van der Waals surface area contributed by atoms with Gasteiger partial charge in [0.15, 0.2) is 12.1 Å². The van der Waals surface area contributed by atoms with Gasteiger partial charge in [0.05, 0.1) is 12.1 Å². The number of aliphatic hydroxyl groups is 2. The highest BCUT2D eigenvalue weighted by Gasteiger charge is 2.35. The molecule has 0 radical (unpaired) electrons. The van der Waals surface area contributed by atoms with Crippen molar-refractivity contribution in [3.05, 3.63) is 77.4 Å². The van der Waals surface area contributed by atoms with Gasteiger partial charge in [-0.05, 0) is 42.0 Å². The van der Waals surface area contributed by atoms with E-state index in [1.165, 1.54) is 30.5 Å². The molecule has 0 aliphatic heterocycles. The normalized spacial score (nSPS) is 12.1. The highest BCUT2D eigenvalue weighted by atomic mass is 19.4. The molecule has 0 aliphatic rings. The number of nitrogens with two attached hydrogens (primary N) is 1. The second kappa shape index (κ2) is 9.52. The van der Waals surface area contributed by atoms with E-state index in [0.29, 0.717) is 11.4 Å². The minimum atomic E-state index is -4.73. The molecule has 35 heavy (non-hydrogen) atoms. The Morgan fingerprint density at radius 3 is 2.49 bits per heavy atom. The summed E-state index contributed by atoms with van der Waals surface area (Å²) in [6.07, 6.45) is -0.0816. The van der Waals surface area contributed by atoms with Gasteiger partial charge >= 0.3 is 6.18 Å². The summed E-state index contributed by atoms with van der Waals surface area (Å²) >= 11 is 0. The number of rotatable bonds is 6. The number of anilines is 1. The monoisotopic (exact) mass is 485 g/mol. The van der Waals surface area contributed by atoms with Crippen molar-refractivity contribution in [1.29, 1.82) is 0 Å². The summed E-state index contributed by atoms with van der Waals surface area (Å²) in [6, 6.07) is 6.90. The number of furan rings is 1. The number of nitrogens with one attached hydrogen (secondary N) is 1. The predicted octanol–water partition coefficient (Wildman–Crippen LogP) is 3.20. The van der Waals surface area contributed by atoms with Gasteiger partial charge in [-0.3, -0.25) is 4.79 Å². The minimum Gasteiger partial charge on any atom is -0.459 e. The van der Waals surface area contributed by atoms with Gasteiger partial charge in [-0.1, -0.05) is 0 Å². The Labute approximate surface area is 195 Å². The first-order chi connectivity index (χ1) is 16.6. The first-order valence-electron chi connectivity index (χ1n) is 10.1. The Morgan fingerprint density at radius 1 is 1.11 bits per heavy atom. The number of fused-ring (bicyclic) bond motifs is 1. The van der Waals surface area contributed by atoms with Crippen molar-refractivity contribution in [2.75, 3.05) is 5.73 Å². The molecule has 0 fully saturated rings. The molecule has 0 saturated carbocycles. The summed E-state index contributed by atoms with van der Waals surface area (Å²) in [5.41, 5.74) is 4.77. The third-order valence-electron chi connectivity index (χ3n) is 4.87. The lowest BCUT2D eigenvalue weighted by Gasteiger charge is -2.10. The van der Waals surface area contributed by atoms with E-state index in [-0.39, 0.29) is 34.6 Å². The first-order valence-corrected chi connectivity index (χ1v) is 10.1. The van der Waals surface area contributed by atoms with Gasteiger partial charge in [-0.15, -0.1) is 0 Å². The maximum atomic E-state index is 13.7. The van der Waals surface area contributed by atoms with Crippen molar-refractivity contribution in [3.8, 4) is 11.4 Å². The van der Waals surface area contributed by atoms with Crippen molar-refractivity contribution in [2.45, 2.75) is 19.0 Å². The molecule has 0 atom stereocenters. The lowest BCUT2D eigenvalue weighted by molar-refractivity contribution is -0.136. The molecular weight excluding hydrogens is 467 g/mol. The quantitative estimate of drug-likeness (QED) is 0.240. The smallest absolute Gasteiger partial charge is 0.420 e. The lowest BCUT2D eigenvalue weighted by atomic mass is 10.1. The van der Waals surface area contributed by atoms with Gasteiger partial charge in [0, 0.05) is 41.2 Å². The van der Waals surface area contributed by atoms with Crippen LogP contribution in [0.3, 0.4) is 0 Å². The number of hydrogen-bond donors (Lipinski definition) is 4. The number of nitrogen functional groups attached to an aromatic ring is 1. The molecule has 5 N–H and O–H groups in total. The van der Waals surface area contributed by atoms with Crippen molar-refractivity contribution in [1.82, 2.24) is 20.3 Å². The summed E-state index contributed by atoms with van der Waals surface area (Å²) in [4.78, 5) is 23.8. The number of halogens is 3. The van der Waals surface area contributed by atoms with Crippen LogP contribution >= 0.6 is 0 Å². The maximum absolute atomic E-state index is 13.7. The largest absolute Gasteiger partial charge is 0.459 e. The number of aromatic nitrogens is 3. The fourth-order valence-electron chi connectivity index (χ4n) is 3.17. The zero-order valence-electron chi connectivity index (χ0n) is 17.8. The summed E-state index contributed by atoms with van der Waals surface area (Å²) < 4.78 is 46.6. The van der Waals surface area contributed by atoms with Crippen molar-refractivity contribution >= 4 is 28.8 Å². The van der Waals surface area contributed by atoms with Gasteiger partial charge in [-0.2, -0.15) is 13.2 Å². The van der Waals surface area contributed by atoms with Crippen LogP contribution in [0.4, 0.5) is 19.0 Å². The number of pyridine rings is 1. The fraction of sp³-hybridized carbons (Fsp3) is 0.130. The van der Waals surface area contributed by atoms with E-state index >= 15 is 0 Å². The summed E-state index contributed by atoms with van der Waals surface area (Å²) in [7, 11) is 0. The average molecular weight is 485 g/mol. The van der Waals surface area contributed by atoms with Crippen molar-refractivity contribution in [2.24, 2.45) is 0 Å². The number of carbonyl (C=O) groups is 1. The second-order valence-electron chi connectivity index (χ2n) is 7.43. The Kier molecular flexibility index (Phi) is 6.49. The van der Waals surface area contributed by atoms with E-state index in [2.05, 4.69) is 20.3 Å².